The van der Waals surface area contributed by atoms with E-state index in [4.69, 9.17) is 16.1 Å². The predicted molar refractivity (Wildman–Crippen MR) is 65.7 cm³/mol. The van der Waals surface area contributed by atoms with Crippen molar-refractivity contribution in [2.45, 2.75) is 6.92 Å². The highest BCUT2D eigenvalue weighted by atomic mass is 35.5. The zero-order valence-corrected chi connectivity index (χ0v) is 10.2. The molecule has 3 rings (SSSR count). The molecule has 3 aromatic rings. The number of carbonyl (C=O) groups is 1. The van der Waals surface area contributed by atoms with Crippen molar-refractivity contribution >= 4 is 28.6 Å². The minimum Gasteiger partial charge on any atom is -0.353 e. The third-order valence-electron chi connectivity index (χ3n) is 2.64. The molecule has 2 aromatic heterocycles. The monoisotopic (exact) mass is 261 g/mol. The second kappa shape index (κ2) is 3.96. The molecule has 0 unspecified atom stereocenters. The number of hydrogen-bond donors (Lipinski definition) is 0. The fourth-order valence-corrected chi connectivity index (χ4v) is 1.89. The van der Waals surface area contributed by atoms with E-state index in [1.54, 1.807) is 31.2 Å². The van der Waals surface area contributed by atoms with Crippen LogP contribution in [0.25, 0.3) is 11.1 Å². The second-order valence-corrected chi connectivity index (χ2v) is 4.29. The van der Waals surface area contributed by atoms with E-state index in [2.05, 4.69) is 10.3 Å². The summed E-state index contributed by atoms with van der Waals surface area (Å²) in [4.78, 5) is 12.3. The fraction of sp³-hybridized carbons (Fsp3) is 0.0833. The molecule has 90 valence electrons. The number of carbonyl (C=O) groups excluding carboxylic acids is 1. The summed E-state index contributed by atoms with van der Waals surface area (Å²) >= 11 is 5.79. The fourth-order valence-electron chi connectivity index (χ4n) is 1.76. The maximum atomic E-state index is 12.3. The first kappa shape index (κ1) is 11.0. The molecule has 0 bridgehead atoms. The van der Waals surface area contributed by atoms with Gasteiger partial charge in [0.15, 0.2) is 0 Å². The van der Waals surface area contributed by atoms with Gasteiger partial charge in [-0.05, 0) is 31.2 Å². The Balaban J connectivity index is 2.11. The van der Waals surface area contributed by atoms with Gasteiger partial charge in [-0.2, -0.15) is 9.78 Å². The van der Waals surface area contributed by atoms with Crippen LogP contribution in [0.4, 0.5) is 0 Å². The molecule has 0 aliphatic rings. The highest BCUT2D eigenvalue weighted by Crippen LogP contribution is 2.19. The summed E-state index contributed by atoms with van der Waals surface area (Å²) < 4.78 is 6.31. The van der Waals surface area contributed by atoms with E-state index in [0.717, 1.165) is 0 Å². The van der Waals surface area contributed by atoms with Gasteiger partial charge in [0.25, 0.3) is 5.91 Å². The number of aryl methyl sites for hydroxylation is 1. The van der Waals surface area contributed by atoms with Gasteiger partial charge in [-0.15, -0.1) is 0 Å². The van der Waals surface area contributed by atoms with E-state index in [1.807, 2.05) is 0 Å². The van der Waals surface area contributed by atoms with Crippen molar-refractivity contribution in [2.24, 2.45) is 0 Å². The van der Waals surface area contributed by atoms with Crippen molar-refractivity contribution < 1.29 is 9.32 Å². The molecule has 5 nitrogen and oxygen atoms in total. The van der Waals surface area contributed by atoms with Crippen molar-refractivity contribution in [3.05, 3.63) is 46.7 Å². The lowest BCUT2D eigenvalue weighted by Crippen LogP contribution is -2.13. The molecule has 0 fully saturated rings. The van der Waals surface area contributed by atoms with Crippen LogP contribution in [0.2, 0.25) is 5.02 Å². The number of benzene rings is 1. The molecule has 2 heterocycles. The first-order valence-corrected chi connectivity index (χ1v) is 5.65. The lowest BCUT2D eigenvalue weighted by molar-refractivity contribution is 0.0950. The number of aromatic nitrogens is 3. The molecule has 0 atom stereocenters. The second-order valence-electron chi connectivity index (χ2n) is 3.85. The van der Waals surface area contributed by atoms with Crippen molar-refractivity contribution in [3.8, 4) is 0 Å². The topological polar surface area (TPSA) is 60.9 Å². The predicted octanol–water partition coefficient (Wildman–Crippen LogP) is 2.67. The van der Waals surface area contributed by atoms with Gasteiger partial charge >= 0.3 is 0 Å². The van der Waals surface area contributed by atoms with E-state index in [-0.39, 0.29) is 5.91 Å². The Labute approximate surface area is 107 Å². The molecule has 0 saturated heterocycles. The Morgan fingerprint density at radius 3 is 2.78 bits per heavy atom. The molecule has 0 saturated carbocycles. The first-order valence-electron chi connectivity index (χ1n) is 5.27. The van der Waals surface area contributed by atoms with Crippen LogP contribution in [0.1, 0.15) is 16.1 Å². The minimum atomic E-state index is -0.243. The third kappa shape index (κ3) is 1.60. The normalized spacial score (nSPS) is 11.0. The van der Waals surface area contributed by atoms with Crippen molar-refractivity contribution in [3.63, 3.8) is 0 Å². The Hall–Kier alpha value is -2.14. The SMILES string of the molecule is Cc1noc2cnn(C(=O)c3ccc(Cl)cc3)c12. The number of halogens is 1. The average Bonchev–Trinajstić information content (AvgIpc) is 2.93. The van der Waals surface area contributed by atoms with Crippen LogP contribution in [-0.2, 0) is 0 Å². The van der Waals surface area contributed by atoms with Crippen LogP contribution in [0, 0.1) is 6.92 Å². The van der Waals surface area contributed by atoms with Gasteiger partial charge in [0.05, 0.1) is 6.20 Å². The summed E-state index contributed by atoms with van der Waals surface area (Å²) in [7, 11) is 0. The molecule has 0 radical (unpaired) electrons. The van der Waals surface area contributed by atoms with Gasteiger partial charge in [0.2, 0.25) is 5.58 Å². The lowest BCUT2D eigenvalue weighted by Gasteiger charge is -2.01. The van der Waals surface area contributed by atoms with E-state index in [0.29, 0.717) is 27.4 Å². The summed E-state index contributed by atoms with van der Waals surface area (Å²) in [6.07, 6.45) is 1.48. The molecule has 0 spiro atoms. The molecule has 6 heteroatoms. The average molecular weight is 262 g/mol. The molecule has 0 amide bonds. The van der Waals surface area contributed by atoms with Crippen molar-refractivity contribution in [1.82, 2.24) is 14.9 Å². The van der Waals surface area contributed by atoms with Gasteiger partial charge in [0.1, 0.15) is 11.2 Å². The van der Waals surface area contributed by atoms with Crippen LogP contribution in [0.15, 0.2) is 35.0 Å². The van der Waals surface area contributed by atoms with E-state index < -0.39 is 0 Å². The Kier molecular flexibility index (Phi) is 2.41. The smallest absolute Gasteiger partial charge is 0.278 e. The maximum Gasteiger partial charge on any atom is 0.278 e. The molecule has 0 aliphatic carbocycles. The standard InChI is InChI=1S/C12H8ClN3O2/c1-7-11-10(18-15-7)6-14-16(11)12(17)8-2-4-9(13)5-3-8/h2-6H,1H3. The molecule has 18 heavy (non-hydrogen) atoms. The third-order valence-corrected chi connectivity index (χ3v) is 2.89. The number of rotatable bonds is 1. The molecule has 1 aromatic carbocycles. The zero-order chi connectivity index (χ0) is 12.7. The minimum absolute atomic E-state index is 0.243. The number of hydrogen-bond acceptors (Lipinski definition) is 4. The van der Waals surface area contributed by atoms with Crippen molar-refractivity contribution in [2.75, 3.05) is 0 Å². The highest BCUT2D eigenvalue weighted by Gasteiger charge is 2.17. The Morgan fingerprint density at radius 1 is 1.33 bits per heavy atom. The van der Waals surface area contributed by atoms with Crippen molar-refractivity contribution in [1.29, 1.82) is 0 Å². The van der Waals surface area contributed by atoms with Crippen LogP contribution < -0.4 is 0 Å². The summed E-state index contributed by atoms with van der Waals surface area (Å²) in [5.74, 6) is -0.243. The van der Waals surface area contributed by atoms with Gasteiger partial charge in [-0.25, -0.2) is 0 Å². The van der Waals surface area contributed by atoms with E-state index >= 15 is 0 Å². The van der Waals surface area contributed by atoms with E-state index in [9.17, 15) is 4.79 Å². The molecular weight excluding hydrogens is 254 g/mol. The van der Waals surface area contributed by atoms with Crippen LogP contribution in [-0.4, -0.2) is 20.8 Å². The van der Waals surface area contributed by atoms with Crippen LogP contribution in [0.3, 0.4) is 0 Å². The quantitative estimate of drug-likeness (QED) is 0.676. The lowest BCUT2D eigenvalue weighted by atomic mass is 10.2. The largest absolute Gasteiger partial charge is 0.353 e. The summed E-state index contributed by atoms with van der Waals surface area (Å²) in [6, 6.07) is 6.63. The first-order chi connectivity index (χ1) is 8.66. The number of fused-ring (bicyclic) bond motifs is 1. The summed E-state index contributed by atoms with van der Waals surface area (Å²) in [5, 5.41) is 8.39. The van der Waals surface area contributed by atoms with Gasteiger partial charge in [-0.1, -0.05) is 16.8 Å². The Bertz CT molecular complexity index is 727. The summed E-state index contributed by atoms with van der Waals surface area (Å²) in [5.41, 5.74) is 2.22. The van der Waals surface area contributed by atoms with Gasteiger partial charge in [0, 0.05) is 10.6 Å². The van der Waals surface area contributed by atoms with Crippen LogP contribution in [0.5, 0.6) is 0 Å². The zero-order valence-electron chi connectivity index (χ0n) is 9.42. The molecular formula is C12H8ClN3O2. The highest BCUT2D eigenvalue weighted by molar-refractivity contribution is 6.30. The molecule has 0 aliphatic heterocycles. The van der Waals surface area contributed by atoms with Gasteiger partial charge in [-0.3, -0.25) is 4.79 Å². The maximum absolute atomic E-state index is 12.3. The van der Waals surface area contributed by atoms with Crippen LogP contribution >= 0.6 is 11.6 Å². The Morgan fingerprint density at radius 2 is 2.06 bits per heavy atom. The van der Waals surface area contributed by atoms with Gasteiger partial charge < -0.3 is 4.52 Å². The summed E-state index contributed by atoms with van der Waals surface area (Å²) in [6.45, 7) is 1.76. The molecule has 0 N–H and O–H groups in total. The number of nitrogens with zero attached hydrogens (tertiary/aromatic N) is 3. The van der Waals surface area contributed by atoms with E-state index in [1.165, 1.54) is 10.9 Å².